The maximum Gasteiger partial charge on any atom is 0.132 e. The Morgan fingerprint density at radius 2 is 1.22 bits per heavy atom. The van der Waals surface area contributed by atoms with Crippen LogP contribution in [0.25, 0.3) is 22.5 Å². The molecule has 2 aromatic heterocycles. The van der Waals surface area contributed by atoms with Gasteiger partial charge in [0.1, 0.15) is 47.8 Å². The number of ether oxygens (including phenoxy) is 5. The molecule has 2 heterocycles. The molecule has 0 aliphatic heterocycles. The van der Waals surface area contributed by atoms with Crippen LogP contribution in [-0.4, -0.2) is 68.6 Å². The van der Waals surface area contributed by atoms with Crippen LogP contribution in [0, 0.1) is 0 Å². The lowest BCUT2D eigenvalue weighted by Gasteiger charge is -2.18. The van der Waals surface area contributed by atoms with Crippen molar-refractivity contribution < 1.29 is 23.7 Å². The summed E-state index contributed by atoms with van der Waals surface area (Å²) in [5.41, 5.74) is 16.2. The summed E-state index contributed by atoms with van der Waals surface area (Å²) in [5, 5.41) is 0. The molecule has 0 radical (unpaired) electrons. The van der Waals surface area contributed by atoms with Crippen molar-refractivity contribution in [3.63, 3.8) is 0 Å². The Balaban J connectivity index is 0.000000237. The zero-order valence-electron chi connectivity index (χ0n) is 29.5. The van der Waals surface area contributed by atoms with Crippen LogP contribution in [-0.2, 0) is 11.3 Å². The van der Waals surface area contributed by atoms with Crippen LogP contribution in [0.2, 0.25) is 0 Å². The first kappa shape index (κ1) is 37.5. The van der Waals surface area contributed by atoms with Crippen LogP contribution in [0.5, 0.6) is 23.0 Å². The van der Waals surface area contributed by atoms with Crippen LogP contribution < -0.4 is 30.4 Å². The summed E-state index contributed by atoms with van der Waals surface area (Å²) in [6.07, 6.45) is 0.930. The standard InChI is InChI=1S/C24H29N3O2.C16H20N2O3/c1-3-15-29-23-17-20(12-13-21(23)22-10-7-11-24(25)26-22)28-16-14-27(2)18-19-8-5-4-6-9-19;1-3-20-9-10-21-12-7-8-13(15(11-12)19-2)14-5-4-6-16(17)18-14/h4-13,17H,3,14-16,18H2,1-2H3,(H2,25,26);4-8,11H,3,9-10H2,1-2H3,(H2,17,18). The molecule has 0 bridgehead atoms. The molecule has 5 rings (SSSR count). The van der Waals surface area contributed by atoms with E-state index in [0.717, 1.165) is 59.3 Å². The number of hydrogen-bond donors (Lipinski definition) is 2. The van der Waals surface area contributed by atoms with E-state index >= 15 is 0 Å². The number of hydrogen-bond acceptors (Lipinski definition) is 10. The summed E-state index contributed by atoms with van der Waals surface area (Å²) in [6, 6.07) is 33.1. The first-order chi connectivity index (χ1) is 24.4. The number of likely N-dealkylation sites (N-methyl/N-ethyl adjacent to an activating group) is 1. The topological polar surface area (TPSA) is 127 Å². The van der Waals surface area contributed by atoms with E-state index in [2.05, 4.69) is 53.1 Å². The molecule has 0 spiro atoms. The van der Waals surface area contributed by atoms with Gasteiger partial charge in [-0.2, -0.15) is 0 Å². The summed E-state index contributed by atoms with van der Waals surface area (Å²) in [4.78, 5) is 11.0. The molecule has 10 heteroatoms. The predicted molar refractivity (Wildman–Crippen MR) is 201 cm³/mol. The van der Waals surface area contributed by atoms with Gasteiger partial charge in [0.25, 0.3) is 0 Å². The SMILES string of the molecule is CCCOc1cc(OCCN(C)Cc2ccccc2)ccc1-c1cccc(N)n1.CCOCCOc1ccc(-c2cccc(N)n2)c(OC)c1. The molecule has 5 aromatic rings. The summed E-state index contributed by atoms with van der Waals surface area (Å²) >= 11 is 0. The van der Waals surface area contributed by atoms with Gasteiger partial charge in [-0.1, -0.05) is 49.4 Å². The molecule has 0 unspecified atom stereocenters. The molecular formula is C40H49N5O5. The highest BCUT2D eigenvalue weighted by molar-refractivity contribution is 5.70. The lowest BCUT2D eigenvalue weighted by atomic mass is 10.1. The summed E-state index contributed by atoms with van der Waals surface area (Å²) in [6.45, 7) is 8.77. The van der Waals surface area contributed by atoms with Gasteiger partial charge in [-0.15, -0.1) is 0 Å². The second-order valence-corrected chi connectivity index (χ2v) is 11.4. The number of nitrogens with zero attached hydrogens (tertiary/aromatic N) is 3. The smallest absolute Gasteiger partial charge is 0.132 e. The maximum absolute atomic E-state index is 5.98. The zero-order chi connectivity index (χ0) is 35.6. The van der Waals surface area contributed by atoms with E-state index in [9.17, 15) is 0 Å². The molecule has 0 aliphatic rings. The Morgan fingerprint density at radius 3 is 1.80 bits per heavy atom. The van der Waals surface area contributed by atoms with E-state index < -0.39 is 0 Å². The summed E-state index contributed by atoms with van der Waals surface area (Å²) in [5.74, 6) is 3.95. The average molecular weight is 680 g/mol. The summed E-state index contributed by atoms with van der Waals surface area (Å²) in [7, 11) is 3.72. The molecule has 50 heavy (non-hydrogen) atoms. The highest BCUT2D eigenvalue weighted by Crippen LogP contribution is 2.34. The minimum atomic E-state index is 0.478. The summed E-state index contributed by atoms with van der Waals surface area (Å²) < 4.78 is 28.2. The number of nitrogen functional groups attached to an aromatic ring is 2. The molecule has 10 nitrogen and oxygen atoms in total. The van der Waals surface area contributed by atoms with Gasteiger partial charge in [-0.05, 0) is 74.5 Å². The molecule has 0 amide bonds. The second-order valence-electron chi connectivity index (χ2n) is 11.4. The third kappa shape index (κ3) is 12.0. The lowest BCUT2D eigenvalue weighted by Crippen LogP contribution is -2.23. The number of nitrogens with two attached hydrogens (primary N) is 2. The Labute approximate surface area is 295 Å². The van der Waals surface area contributed by atoms with E-state index in [-0.39, 0.29) is 0 Å². The van der Waals surface area contributed by atoms with Crippen LogP contribution in [0.4, 0.5) is 11.6 Å². The van der Waals surface area contributed by atoms with Gasteiger partial charge in [0.15, 0.2) is 0 Å². The van der Waals surface area contributed by atoms with Crippen molar-refractivity contribution in [1.29, 1.82) is 0 Å². The fourth-order valence-corrected chi connectivity index (χ4v) is 4.97. The number of benzene rings is 3. The van der Waals surface area contributed by atoms with Crippen LogP contribution in [0.15, 0.2) is 103 Å². The first-order valence-corrected chi connectivity index (χ1v) is 16.9. The lowest BCUT2D eigenvalue weighted by molar-refractivity contribution is 0.110. The Hall–Kier alpha value is -5.32. The van der Waals surface area contributed by atoms with Gasteiger partial charge in [0.05, 0.1) is 31.7 Å². The average Bonchev–Trinajstić information content (AvgIpc) is 3.13. The van der Waals surface area contributed by atoms with Gasteiger partial charge in [0, 0.05) is 43.0 Å². The van der Waals surface area contributed by atoms with Crippen LogP contribution in [0.1, 0.15) is 25.8 Å². The maximum atomic E-state index is 5.98. The molecule has 3 aromatic carbocycles. The van der Waals surface area contributed by atoms with E-state index in [4.69, 9.17) is 35.2 Å². The van der Waals surface area contributed by atoms with Crippen molar-refractivity contribution in [2.24, 2.45) is 0 Å². The molecule has 0 saturated carbocycles. The largest absolute Gasteiger partial charge is 0.496 e. The monoisotopic (exact) mass is 679 g/mol. The minimum Gasteiger partial charge on any atom is -0.496 e. The fraction of sp³-hybridized carbons (Fsp3) is 0.300. The highest BCUT2D eigenvalue weighted by atomic mass is 16.5. The number of rotatable bonds is 17. The molecule has 0 atom stereocenters. The predicted octanol–water partition coefficient (Wildman–Crippen LogP) is 7.39. The van der Waals surface area contributed by atoms with E-state index in [1.165, 1.54) is 5.56 Å². The van der Waals surface area contributed by atoms with E-state index in [1.807, 2.05) is 73.7 Å². The molecule has 0 aliphatic carbocycles. The van der Waals surface area contributed by atoms with Crippen molar-refractivity contribution in [3.05, 3.63) is 109 Å². The fourth-order valence-electron chi connectivity index (χ4n) is 4.97. The van der Waals surface area contributed by atoms with E-state index in [0.29, 0.717) is 50.4 Å². The highest BCUT2D eigenvalue weighted by Gasteiger charge is 2.12. The quantitative estimate of drug-likeness (QED) is 0.0961. The number of pyridine rings is 2. The van der Waals surface area contributed by atoms with Gasteiger partial charge in [0.2, 0.25) is 0 Å². The number of aromatic nitrogens is 2. The molecule has 264 valence electrons. The number of methoxy groups -OCH3 is 1. The van der Waals surface area contributed by atoms with Gasteiger partial charge < -0.3 is 35.2 Å². The third-order valence-corrected chi connectivity index (χ3v) is 7.42. The van der Waals surface area contributed by atoms with Crippen molar-refractivity contribution in [3.8, 4) is 45.5 Å². The van der Waals surface area contributed by atoms with Crippen molar-refractivity contribution >= 4 is 11.6 Å². The van der Waals surface area contributed by atoms with Gasteiger partial charge in [-0.25, -0.2) is 9.97 Å². The molecule has 0 saturated heterocycles. The van der Waals surface area contributed by atoms with Crippen molar-refractivity contribution in [2.45, 2.75) is 26.8 Å². The van der Waals surface area contributed by atoms with Crippen LogP contribution >= 0.6 is 0 Å². The minimum absolute atomic E-state index is 0.478. The second kappa shape index (κ2) is 20.3. The van der Waals surface area contributed by atoms with Gasteiger partial charge >= 0.3 is 0 Å². The molecule has 0 fully saturated rings. The molecule has 4 N–H and O–H groups in total. The van der Waals surface area contributed by atoms with Crippen molar-refractivity contribution in [1.82, 2.24) is 14.9 Å². The normalized spacial score (nSPS) is 10.7. The van der Waals surface area contributed by atoms with Crippen molar-refractivity contribution in [2.75, 3.05) is 65.2 Å². The Kier molecular flexibility index (Phi) is 15.2. The van der Waals surface area contributed by atoms with Crippen LogP contribution in [0.3, 0.4) is 0 Å². The Morgan fingerprint density at radius 1 is 0.620 bits per heavy atom. The molecular weight excluding hydrogens is 630 g/mol. The first-order valence-electron chi connectivity index (χ1n) is 16.9. The Bertz CT molecular complexity index is 1740. The van der Waals surface area contributed by atoms with Gasteiger partial charge in [-0.3, -0.25) is 4.90 Å². The third-order valence-electron chi connectivity index (χ3n) is 7.42. The zero-order valence-corrected chi connectivity index (χ0v) is 29.5. The van der Waals surface area contributed by atoms with E-state index in [1.54, 1.807) is 19.2 Å². The number of anilines is 2.